The molecule has 1 amide bonds. The zero-order valence-corrected chi connectivity index (χ0v) is 18.6. The third kappa shape index (κ3) is 5.27. The maximum Gasteiger partial charge on any atom is 0.227 e. The molecule has 0 atom stereocenters. The van der Waals surface area contributed by atoms with E-state index in [2.05, 4.69) is 65.6 Å². The number of nitrogens with zero attached hydrogens (tertiary/aromatic N) is 4. The lowest BCUT2D eigenvalue weighted by Gasteiger charge is -2.19. The van der Waals surface area contributed by atoms with Gasteiger partial charge in [0.25, 0.3) is 0 Å². The average molecular weight is 436 g/mol. The van der Waals surface area contributed by atoms with Gasteiger partial charge in [0.15, 0.2) is 0 Å². The number of anilines is 1. The second-order valence-electron chi connectivity index (χ2n) is 8.36. The Morgan fingerprint density at radius 2 is 1.97 bits per heavy atom. The van der Waals surface area contributed by atoms with Crippen LogP contribution < -0.4 is 5.32 Å². The smallest absolute Gasteiger partial charge is 0.227 e. The van der Waals surface area contributed by atoms with Crippen molar-refractivity contribution in [2.24, 2.45) is 0 Å². The second-order valence-corrected chi connectivity index (χ2v) is 9.31. The van der Waals surface area contributed by atoms with Crippen molar-refractivity contribution in [1.82, 2.24) is 19.9 Å². The van der Waals surface area contributed by atoms with Crippen molar-refractivity contribution in [3.05, 3.63) is 71.1 Å². The van der Waals surface area contributed by atoms with Crippen LogP contribution >= 0.6 is 11.3 Å². The molecule has 3 heterocycles. The summed E-state index contributed by atoms with van der Waals surface area (Å²) in [5.74, 6) is 1.54. The molecule has 3 aromatic heterocycles. The summed E-state index contributed by atoms with van der Waals surface area (Å²) in [4.78, 5) is 17.7. The molecule has 31 heavy (non-hydrogen) atoms. The number of thiophene rings is 1. The fraction of sp³-hybridized carbons (Fsp3) is 0.304. The summed E-state index contributed by atoms with van der Waals surface area (Å²) in [5.41, 5.74) is 2.53. The van der Waals surface area contributed by atoms with E-state index in [1.54, 1.807) is 28.3 Å². The first-order chi connectivity index (χ1) is 14.9. The molecule has 0 spiro atoms. The number of rotatable bonds is 7. The lowest BCUT2D eigenvalue weighted by atomic mass is 9.87. The molecule has 4 aromatic rings. The van der Waals surface area contributed by atoms with Crippen LogP contribution in [-0.2, 0) is 23.2 Å². The largest absolute Gasteiger partial charge is 0.339 e. The maximum atomic E-state index is 12.4. The number of hydrogen-bond acceptors (Lipinski definition) is 6. The molecule has 0 unspecified atom stereocenters. The monoisotopic (exact) mass is 435 g/mol. The van der Waals surface area contributed by atoms with Crippen LogP contribution in [0.4, 0.5) is 5.82 Å². The van der Waals surface area contributed by atoms with Crippen molar-refractivity contribution in [3.8, 4) is 10.7 Å². The zero-order valence-electron chi connectivity index (χ0n) is 17.8. The van der Waals surface area contributed by atoms with Crippen LogP contribution in [-0.4, -0.2) is 25.8 Å². The Hall–Kier alpha value is -3.26. The van der Waals surface area contributed by atoms with Crippen molar-refractivity contribution >= 4 is 23.1 Å². The van der Waals surface area contributed by atoms with E-state index in [9.17, 15) is 4.79 Å². The first kappa shape index (κ1) is 21.0. The van der Waals surface area contributed by atoms with Gasteiger partial charge in [0.2, 0.25) is 17.6 Å². The van der Waals surface area contributed by atoms with Gasteiger partial charge in [0.05, 0.1) is 17.6 Å². The van der Waals surface area contributed by atoms with Gasteiger partial charge in [-0.3, -0.25) is 4.79 Å². The third-order valence-corrected chi connectivity index (χ3v) is 5.78. The minimum atomic E-state index is -0.124. The summed E-state index contributed by atoms with van der Waals surface area (Å²) < 4.78 is 7.04. The summed E-state index contributed by atoms with van der Waals surface area (Å²) in [7, 11) is 0. The van der Waals surface area contributed by atoms with Gasteiger partial charge in [0.1, 0.15) is 5.82 Å². The first-order valence-electron chi connectivity index (χ1n) is 10.2. The molecular formula is C23H25N5O2S. The number of carbonyl (C=O) groups is 1. The molecule has 7 nitrogen and oxygen atoms in total. The van der Waals surface area contributed by atoms with Crippen LogP contribution in [0.3, 0.4) is 0 Å². The first-order valence-corrected chi connectivity index (χ1v) is 11.0. The Morgan fingerprint density at radius 1 is 1.16 bits per heavy atom. The SMILES string of the molecule is CC(C)(C)c1ccc(Cn2nccc2NC(=O)CCc2nc(-c3cccs3)no2)cc1. The highest BCUT2D eigenvalue weighted by atomic mass is 32.1. The molecule has 8 heteroatoms. The zero-order chi connectivity index (χ0) is 21.8. The Bertz CT molecular complexity index is 1140. The predicted molar refractivity (Wildman–Crippen MR) is 121 cm³/mol. The summed E-state index contributed by atoms with van der Waals surface area (Å²) in [6, 6.07) is 14.2. The van der Waals surface area contributed by atoms with E-state index in [1.807, 2.05) is 17.5 Å². The van der Waals surface area contributed by atoms with E-state index in [0.717, 1.165) is 10.4 Å². The summed E-state index contributed by atoms with van der Waals surface area (Å²) >= 11 is 1.55. The van der Waals surface area contributed by atoms with Gasteiger partial charge >= 0.3 is 0 Å². The molecule has 1 N–H and O–H groups in total. The number of nitrogens with one attached hydrogen (secondary N) is 1. The lowest BCUT2D eigenvalue weighted by molar-refractivity contribution is -0.116. The Kier molecular flexibility index (Phi) is 5.99. The number of benzene rings is 1. The van der Waals surface area contributed by atoms with E-state index < -0.39 is 0 Å². The molecular weight excluding hydrogens is 410 g/mol. The average Bonchev–Trinajstić information content (AvgIpc) is 3.49. The lowest BCUT2D eigenvalue weighted by Crippen LogP contribution is -2.16. The number of aromatic nitrogens is 4. The van der Waals surface area contributed by atoms with E-state index in [-0.39, 0.29) is 17.7 Å². The molecule has 0 radical (unpaired) electrons. The van der Waals surface area contributed by atoms with Gasteiger partial charge in [-0.05, 0) is 28.0 Å². The molecule has 4 rings (SSSR count). The minimum absolute atomic E-state index is 0.117. The summed E-state index contributed by atoms with van der Waals surface area (Å²) in [6.07, 6.45) is 2.31. The van der Waals surface area contributed by atoms with E-state index in [4.69, 9.17) is 4.52 Å². The fourth-order valence-electron chi connectivity index (χ4n) is 3.14. The highest BCUT2D eigenvalue weighted by Gasteiger charge is 2.14. The fourth-order valence-corrected chi connectivity index (χ4v) is 3.79. The molecule has 0 fully saturated rings. The molecule has 1 aromatic carbocycles. The highest BCUT2D eigenvalue weighted by molar-refractivity contribution is 7.13. The standard InChI is InChI=1S/C23H25N5O2S/c1-23(2,3)17-8-6-16(7-9-17)15-28-19(12-13-24-28)25-20(29)10-11-21-26-22(27-30-21)18-5-4-14-31-18/h4-9,12-14H,10-11,15H2,1-3H3,(H,25,29). The molecule has 0 aliphatic rings. The minimum Gasteiger partial charge on any atom is -0.339 e. The van der Waals surface area contributed by atoms with Crippen molar-refractivity contribution in [3.63, 3.8) is 0 Å². The van der Waals surface area contributed by atoms with Crippen LogP contribution in [0.15, 0.2) is 58.6 Å². The normalized spacial score (nSPS) is 11.6. The van der Waals surface area contributed by atoms with Gasteiger partial charge in [0, 0.05) is 18.9 Å². The number of amides is 1. The molecule has 0 saturated carbocycles. The molecule has 0 saturated heterocycles. The van der Waals surface area contributed by atoms with Crippen LogP contribution in [0.25, 0.3) is 10.7 Å². The Labute approximate surface area is 185 Å². The van der Waals surface area contributed by atoms with Gasteiger partial charge in [-0.15, -0.1) is 11.3 Å². The van der Waals surface area contributed by atoms with Crippen LogP contribution in [0, 0.1) is 0 Å². The third-order valence-electron chi connectivity index (χ3n) is 4.91. The topological polar surface area (TPSA) is 85.8 Å². The molecule has 0 aliphatic carbocycles. The van der Waals surface area contributed by atoms with Gasteiger partial charge < -0.3 is 9.84 Å². The molecule has 0 aliphatic heterocycles. The van der Waals surface area contributed by atoms with E-state index in [0.29, 0.717) is 30.5 Å². The number of carbonyl (C=O) groups excluding carboxylic acids is 1. The Balaban J connectivity index is 1.33. The van der Waals surface area contributed by atoms with Crippen molar-refractivity contribution < 1.29 is 9.32 Å². The van der Waals surface area contributed by atoms with Crippen LogP contribution in [0.2, 0.25) is 0 Å². The van der Waals surface area contributed by atoms with Crippen molar-refractivity contribution in [1.29, 1.82) is 0 Å². The van der Waals surface area contributed by atoms with Gasteiger partial charge in [-0.1, -0.05) is 56.3 Å². The second kappa shape index (κ2) is 8.85. The van der Waals surface area contributed by atoms with E-state index in [1.165, 1.54) is 5.56 Å². The quantitative estimate of drug-likeness (QED) is 0.446. The summed E-state index contributed by atoms with van der Waals surface area (Å²) in [6.45, 7) is 7.17. The van der Waals surface area contributed by atoms with Gasteiger partial charge in [-0.25, -0.2) is 4.68 Å². The number of aryl methyl sites for hydroxylation is 1. The number of hydrogen-bond donors (Lipinski definition) is 1. The molecule has 0 bridgehead atoms. The Morgan fingerprint density at radius 3 is 2.68 bits per heavy atom. The van der Waals surface area contributed by atoms with Crippen LogP contribution in [0.5, 0.6) is 0 Å². The maximum absolute atomic E-state index is 12.4. The van der Waals surface area contributed by atoms with Crippen LogP contribution in [0.1, 0.15) is 44.2 Å². The van der Waals surface area contributed by atoms with Gasteiger partial charge in [-0.2, -0.15) is 10.1 Å². The van der Waals surface area contributed by atoms with E-state index >= 15 is 0 Å². The highest BCUT2D eigenvalue weighted by Crippen LogP contribution is 2.23. The summed E-state index contributed by atoms with van der Waals surface area (Å²) in [5, 5.41) is 13.2. The molecule has 160 valence electrons. The predicted octanol–water partition coefficient (Wildman–Crippen LogP) is 4.91. The van der Waals surface area contributed by atoms with Crippen molar-refractivity contribution in [2.45, 2.75) is 45.6 Å². The van der Waals surface area contributed by atoms with Crippen molar-refractivity contribution in [2.75, 3.05) is 5.32 Å².